The summed E-state index contributed by atoms with van der Waals surface area (Å²) < 4.78 is 1.90. The number of hydrogen-bond donors (Lipinski definition) is 1. The van der Waals surface area contributed by atoms with E-state index < -0.39 is 0 Å². The molecule has 3 rings (SSSR count). The van der Waals surface area contributed by atoms with E-state index in [4.69, 9.17) is 0 Å². The van der Waals surface area contributed by atoms with Crippen LogP contribution in [0.3, 0.4) is 0 Å². The maximum Gasteiger partial charge on any atom is 0.224 e. The highest BCUT2D eigenvalue weighted by molar-refractivity contribution is 5.78. The van der Waals surface area contributed by atoms with Crippen LogP contribution in [-0.4, -0.2) is 20.5 Å². The Labute approximate surface area is 148 Å². The van der Waals surface area contributed by atoms with E-state index in [9.17, 15) is 4.79 Å². The van der Waals surface area contributed by atoms with Crippen molar-refractivity contribution in [1.29, 1.82) is 0 Å². The van der Waals surface area contributed by atoms with Crippen LogP contribution in [0.2, 0.25) is 0 Å². The topological polar surface area (TPSA) is 59.3 Å². The van der Waals surface area contributed by atoms with Gasteiger partial charge in [-0.25, -0.2) is 0 Å². The van der Waals surface area contributed by atoms with E-state index in [2.05, 4.69) is 34.6 Å². The van der Waals surface area contributed by atoms with E-state index in [0.29, 0.717) is 6.42 Å². The fraction of sp³-hybridized carbons (Fsp3) is 0.350. The van der Waals surface area contributed by atoms with Crippen LogP contribution in [0.1, 0.15) is 49.7 Å². The summed E-state index contributed by atoms with van der Waals surface area (Å²) in [6.07, 6.45) is 5.76. The van der Waals surface area contributed by atoms with Gasteiger partial charge in [0.1, 0.15) is 0 Å². The number of fused-ring (bicyclic) bond motifs is 1. The van der Waals surface area contributed by atoms with Crippen LogP contribution in [0, 0.1) is 0 Å². The molecule has 1 atom stereocenters. The average Bonchev–Trinajstić information content (AvgIpc) is 3.05. The Morgan fingerprint density at radius 1 is 1.12 bits per heavy atom. The third-order valence-corrected chi connectivity index (χ3v) is 4.31. The Morgan fingerprint density at radius 2 is 1.88 bits per heavy atom. The minimum atomic E-state index is -0.200. The van der Waals surface area contributed by atoms with Crippen molar-refractivity contribution in [2.75, 3.05) is 0 Å². The molecule has 2 heterocycles. The third-order valence-electron chi connectivity index (χ3n) is 4.31. The summed E-state index contributed by atoms with van der Waals surface area (Å²) in [5.74, 6) is 0.723. The summed E-state index contributed by atoms with van der Waals surface area (Å²) in [4.78, 5) is 12.3. The molecule has 25 heavy (non-hydrogen) atoms. The first-order valence-electron chi connectivity index (χ1n) is 8.84. The van der Waals surface area contributed by atoms with Crippen LogP contribution in [-0.2, 0) is 17.6 Å². The van der Waals surface area contributed by atoms with Gasteiger partial charge in [-0.3, -0.25) is 9.20 Å². The van der Waals surface area contributed by atoms with Crippen molar-refractivity contribution in [3.8, 4) is 0 Å². The monoisotopic (exact) mass is 336 g/mol. The van der Waals surface area contributed by atoms with Gasteiger partial charge in [-0.05, 0) is 43.0 Å². The predicted octanol–water partition coefficient (Wildman–Crippen LogP) is 3.49. The van der Waals surface area contributed by atoms with Gasteiger partial charge in [0, 0.05) is 6.20 Å². The summed E-state index contributed by atoms with van der Waals surface area (Å²) in [6.45, 7) is 4.12. The Bertz CT molecular complexity index is 838. The summed E-state index contributed by atoms with van der Waals surface area (Å²) >= 11 is 0. The van der Waals surface area contributed by atoms with Crippen molar-refractivity contribution >= 4 is 11.6 Å². The van der Waals surface area contributed by atoms with Gasteiger partial charge in [0.15, 0.2) is 11.5 Å². The smallest absolute Gasteiger partial charge is 0.224 e. The lowest BCUT2D eigenvalue weighted by Gasteiger charge is -2.12. The molecule has 130 valence electrons. The van der Waals surface area contributed by atoms with Crippen LogP contribution >= 0.6 is 0 Å². The minimum Gasteiger partial charge on any atom is -0.346 e. The van der Waals surface area contributed by atoms with E-state index in [1.54, 1.807) is 0 Å². The van der Waals surface area contributed by atoms with Gasteiger partial charge >= 0.3 is 0 Å². The Kier molecular flexibility index (Phi) is 5.43. The number of benzene rings is 1. The molecule has 1 aromatic carbocycles. The quantitative estimate of drug-likeness (QED) is 0.718. The van der Waals surface area contributed by atoms with Gasteiger partial charge in [0.25, 0.3) is 0 Å². The number of carbonyl (C=O) groups is 1. The molecular weight excluding hydrogens is 312 g/mol. The van der Waals surface area contributed by atoms with Crippen LogP contribution in [0.15, 0.2) is 48.7 Å². The first kappa shape index (κ1) is 17.1. The zero-order valence-electron chi connectivity index (χ0n) is 14.8. The van der Waals surface area contributed by atoms with Crippen molar-refractivity contribution in [2.45, 2.75) is 45.6 Å². The average molecular weight is 336 g/mol. The van der Waals surface area contributed by atoms with Gasteiger partial charge in [-0.15, -0.1) is 10.2 Å². The lowest BCUT2D eigenvalue weighted by molar-refractivity contribution is -0.121. The van der Waals surface area contributed by atoms with E-state index >= 15 is 0 Å². The standard InChI is InChI=1S/C20H24N4O/c1-3-4-7-16-9-11-17(12-10-16)14-19(25)21-15(2)20-23-22-18-8-5-6-13-24(18)20/h5-6,8-13,15H,3-4,7,14H2,1-2H3,(H,21,25). The minimum absolute atomic E-state index is 0.0125. The SMILES string of the molecule is CCCCc1ccc(CC(=O)NC(C)c2nnc3ccccn23)cc1. The Morgan fingerprint density at radius 3 is 2.64 bits per heavy atom. The maximum atomic E-state index is 12.3. The molecule has 2 aromatic heterocycles. The molecule has 3 aromatic rings. The zero-order chi connectivity index (χ0) is 17.6. The predicted molar refractivity (Wildman–Crippen MR) is 98.3 cm³/mol. The third kappa shape index (κ3) is 4.24. The lowest BCUT2D eigenvalue weighted by Crippen LogP contribution is -2.29. The maximum absolute atomic E-state index is 12.3. The molecule has 0 aliphatic carbocycles. The van der Waals surface area contributed by atoms with Crippen molar-refractivity contribution < 1.29 is 4.79 Å². The summed E-state index contributed by atoms with van der Waals surface area (Å²) in [5.41, 5.74) is 3.13. The molecule has 0 fully saturated rings. The van der Waals surface area contributed by atoms with Crippen molar-refractivity contribution in [3.63, 3.8) is 0 Å². The normalized spacial score (nSPS) is 12.2. The number of aromatic nitrogens is 3. The molecule has 0 saturated carbocycles. The molecule has 0 aliphatic rings. The van der Waals surface area contributed by atoms with E-state index in [0.717, 1.165) is 23.5 Å². The fourth-order valence-corrected chi connectivity index (χ4v) is 2.90. The number of nitrogens with one attached hydrogen (secondary N) is 1. The van der Waals surface area contributed by atoms with Crippen molar-refractivity contribution in [2.24, 2.45) is 0 Å². The zero-order valence-corrected chi connectivity index (χ0v) is 14.8. The molecule has 0 aliphatic heterocycles. The number of rotatable bonds is 7. The fourth-order valence-electron chi connectivity index (χ4n) is 2.90. The highest BCUT2D eigenvalue weighted by atomic mass is 16.1. The molecule has 0 radical (unpaired) electrons. The van der Waals surface area contributed by atoms with Crippen LogP contribution in [0.4, 0.5) is 0 Å². The number of hydrogen-bond acceptors (Lipinski definition) is 3. The number of unbranched alkanes of at least 4 members (excludes halogenated alkanes) is 1. The second-order valence-electron chi connectivity index (χ2n) is 6.37. The molecule has 0 spiro atoms. The second-order valence-corrected chi connectivity index (χ2v) is 6.37. The molecule has 1 unspecified atom stereocenters. The summed E-state index contributed by atoms with van der Waals surface area (Å²) in [7, 11) is 0. The summed E-state index contributed by atoms with van der Waals surface area (Å²) in [5, 5.41) is 11.3. The molecule has 0 saturated heterocycles. The van der Waals surface area contributed by atoms with Gasteiger partial charge < -0.3 is 5.32 Å². The molecule has 5 heteroatoms. The molecule has 5 nitrogen and oxygen atoms in total. The molecule has 1 N–H and O–H groups in total. The van der Waals surface area contributed by atoms with Gasteiger partial charge in [-0.1, -0.05) is 43.7 Å². The van der Waals surface area contributed by atoms with Crippen LogP contribution in [0.5, 0.6) is 0 Å². The molecule has 1 amide bonds. The highest BCUT2D eigenvalue weighted by Gasteiger charge is 2.15. The Balaban J connectivity index is 1.60. The first-order valence-corrected chi connectivity index (χ1v) is 8.84. The van der Waals surface area contributed by atoms with Gasteiger partial charge in [0.2, 0.25) is 5.91 Å². The van der Waals surface area contributed by atoms with Gasteiger partial charge in [0.05, 0.1) is 12.5 Å². The largest absolute Gasteiger partial charge is 0.346 e. The Hall–Kier alpha value is -2.69. The van der Waals surface area contributed by atoms with Gasteiger partial charge in [-0.2, -0.15) is 0 Å². The number of aryl methyl sites for hydroxylation is 1. The molecule has 0 bridgehead atoms. The van der Waals surface area contributed by atoms with E-state index in [-0.39, 0.29) is 11.9 Å². The van der Waals surface area contributed by atoms with Crippen LogP contribution < -0.4 is 5.32 Å². The second kappa shape index (κ2) is 7.92. The first-order chi connectivity index (χ1) is 12.2. The van der Waals surface area contributed by atoms with Crippen molar-refractivity contribution in [1.82, 2.24) is 19.9 Å². The molecular formula is C20H24N4O. The van der Waals surface area contributed by atoms with Crippen molar-refractivity contribution in [3.05, 3.63) is 65.6 Å². The van der Waals surface area contributed by atoms with Crippen LogP contribution in [0.25, 0.3) is 5.65 Å². The number of amides is 1. The lowest BCUT2D eigenvalue weighted by atomic mass is 10.0. The number of pyridine rings is 1. The van der Waals surface area contributed by atoms with E-state index in [1.807, 2.05) is 47.9 Å². The highest BCUT2D eigenvalue weighted by Crippen LogP contribution is 2.13. The summed E-state index contributed by atoms with van der Waals surface area (Å²) in [6, 6.07) is 13.9. The van der Waals surface area contributed by atoms with E-state index in [1.165, 1.54) is 18.4 Å². The number of carbonyl (C=O) groups excluding carboxylic acids is 1. The number of nitrogens with zero attached hydrogens (tertiary/aromatic N) is 3.